The summed E-state index contributed by atoms with van der Waals surface area (Å²) in [5, 5.41) is 11.2. The van der Waals surface area contributed by atoms with Gasteiger partial charge in [-0.15, -0.1) is 10.2 Å². The zero-order chi connectivity index (χ0) is 15.2. The minimum atomic E-state index is -0.341. The van der Waals surface area contributed by atoms with Crippen LogP contribution in [0.5, 0.6) is 0 Å². The third-order valence-corrected chi connectivity index (χ3v) is 3.45. The van der Waals surface area contributed by atoms with Crippen molar-refractivity contribution in [3.8, 4) is 0 Å². The second kappa shape index (κ2) is 6.99. The highest BCUT2D eigenvalue weighted by molar-refractivity contribution is 5.78. The summed E-state index contributed by atoms with van der Waals surface area (Å²) in [6, 6.07) is 9.60. The zero-order valence-electron chi connectivity index (χ0n) is 12.5. The highest BCUT2D eigenvalue weighted by Crippen LogP contribution is 2.18. The molecule has 0 aliphatic rings. The SMILES string of the molecule is COC(=O)C(CNC(C)c1nncn1C)c1ccccc1. The number of esters is 1. The monoisotopic (exact) mass is 288 g/mol. The Morgan fingerprint density at radius 3 is 2.67 bits per heavy atom. The van der Waals surface area contributed by atoms with Gasteiger partial charge in [0.1, 0.15) is 12.2 Å². The topological polar surface area (TPSA) is 69.0 Å². The molecule has 0 radical (unpaired) electrons. The van der Waals surface area contributed by atoms with E-state index in [9.17, 15) is 4.79 Å². The van der Waals surface area contributed by atoms with E-state index in [1.165, 1.54) is 7.11 Å². The van der Waals surface area contributed by atoms with E-state index in [1.807, 2.05) is 48.9 Å². The van der Waals surface area contributed by atoms with Crippen LogP contribution in [0.3, 0.4) is 0 Å². The molecule has 1 aromatic heterocycles. The quantitative estimate of drug-likeness (QED) is 0.814. The van der Waals surface area contributed by atoms with Crippen molar-refractivity contribution in [1.29, 1.82) is 0 Å². The lowest BCUT2D eigenvalue weighted by molar-refractivity contribution is -0.142. The molecule has 1 aromatic carbocycles. The lowest BCUT2D eigenvalue weighted by atomic mass is 9.99. The average Bonchev–Trinajstić information content (AvgIpc) is 2.94. The lowest BCUT2D eigenvalue weighted by Crippen LogP contribution is -2.30. The maximum Gasteiger partial charge on any atom is 0.314 e. The third-order valence-electron chi connectivity index (χ3n) is 3.45. The molecule has 2 aromatic rings. The molecule has 0 saturated heterocycles. The fourth-order valence-electron chi connectivity index (χ4n) is 2.23. The largest absolute Gasteiger partial charge is 0.469 e. The first-order valence-electron chi connectivity index (χ1n) is 6.83. The number of aromatic nitrogens is 3. The Kier molecular flexibility index (Phi) is 5.05. The molecule has 0 saturated carbocycles. The van der Waals surface area contributed by atoms with Crippen molar-refractivity contribution < 1.29 is 9.53 Å². The second-order valence-electron chi connectivity index (χ2n) is 4.92. The molecule has 112 valence electrons. The minimum absolute atomic E-state index is 0.00614. The van der Waals surface area contributed by atoms with Gasteiger partial charge < -0.3 is 14.6 Å². The number of carbonyl (C=O) groups excluding carboxylic acids is 1. The van der Waals surface area contributed by atoms with Gasteiger partial charge in [-0.1, -0.05) is 30.3 Å². The Hall–Kier alpha value is -2.21. The van der Waals surface area contributed by atoms with Crippen LogP contribution in [0.2, 0.25) is 0 Å². The first-order valence-corrected chi connectivity index (χ1v) is 6.83. The highest BCUT2D eigenvalue weighted by atomic mass is 16.5. The number of nitrogens with one attached hydrogen (secondary N) is 1. The van der Waals surface area contributed by atoms with Crippen LogP contribution < -0.4 is 5.32 Å². The van der Waals surface area contributed by atoms with Crippen LogP contribution in [-0.4, -0.2) is 34.4 Å². The molecule has 0 bridgehead atoms. The number of carbonyl (C=O) groups is 1. The van der Waals surface area contributed by atoms with Crippen molar-refractivity contribution in [2.45, 2.75) is 18.9 Å². The average molecular weight is 288 g/mol. The summed E-state index contributed by atoms with van der Waals surface area (Å²) in [5.41, 5.74) is 0.932. The van der Waals surface area contributed by atoms with Gasteiger partial charge in [-0.2, -0.15) is 0 Å². The number of benzene rings is 1. The van der Waals surface area contributed by atoms with Crippen LogP contribution in [0.1, 0.15) is 30.3 Å². The summed E-state index contributed by atoms with van der Waals surface area (Å²) in [5.74, 6) is 0.234. The predicted octanol–water partition coefficient (Wildman–Crippen LogP) is 1.42. The number of rotatable bonds is 6. The van der Waals surface area contributed by atoms with Crippen LogP contribution in [0.15, 0.2) is 36.7 Å². The third kappa shape index (κ3) is 3.66. The van der Waals surface area contributed by atoms with Crippen molar-refractivity contribution in [2.75, 3.05) is 13.7 Å². The van der Waals surface area contributed by atoms with Gasteiger partial charge in [-0.05, 0) is 12.5 Å². The minimum Gasteiger partial charge on any atom is -0.469 e. The molecule has 0 fully saturated rings. The standard InChI is InChI=1S/C15H20N4O2/c1-11(14-18-17-10-19(14)2)16-9-13(15(20)21-3)12-7-5-4-6-8-12/h4-8,10-11,13,16H,9H2,1-3H3. The second-order valence-corrected chi connectivity index (χ2v) is 4.92. The molecule has 6 heteroatoms. The van der Waals surface area contributed by atoms with Crippen LogP contribution in [0, 0.1) is 0 Å². The number of hydrogen-bond donors (Lipinski definition) is 1. The smallest absolute Gasteiger partial charge is 0.314 e. The van der Waals surface area contributed by atoms with E-state index in [-0.39, 0.29) is 17.9 Å². The molecule has 0 aliphatic heterocycles. The molecular weight excluding hydrogens is 268 g/mol. The molecule has 0 aliphatic carbocycles. The fourth-order valence-corrected chi connectivity index (χ4v) is 2.23. The molecule has 1 N–H and O–H groups in total. The Morgan fingerprint density at radius 1 is 1.38 bits per heavy atom. The molecule has 0 spiro atoms. The van der Waals surface area contributed by atoms with E-state index in [0.717, 1.165) is 11.4 Å². The number of ether oxygens (including phenoxy) is 1. The van der Waals surface area contributed by atoms with Crippen LogP contribution in [0.4, 0.5) is 0 Å². The van der Waals surface area contributed by atoms with Crippen molar-refractivity contribution in [3.63, 3.8) is 0 Å². The molecule has 2 atom stereocenters. The van der Waals surface area contributed by atoms with E-state index in [1.54, 1.807) is 6.33 Å². The molecule has 2 unspecified atom stereocenters. The fraction of sp³-hybridized carbons (Fsp3) is 0.400. The first-order chi connectivity index (χ1) is 10.1. The maximum absolute atomic E-state index is 12.0. The predicted molar refractivity (Wildman–Crippen MR) is 78.6 cm³/mol. The normalized spacial score (nSPS) is 13.7. The Balaban J connectivity index is 2.06. The number of methoxy groups -OCH3 is 1. The highest BCUT2D eigenvalue weighted by Gasteiger charge is 2.22. The van der Waals surface area contributed by atoms with E-state index in [2.05, 4.69) is 15.5 Å². The van der Waals surface area contributed by atoms with Gasteiger partial charge in [-0.25, -0.2) is 0 Å². The number of hydrogen-bond acceptors (Lipinski definition) is 5. The van der Waals surface area contributed by atoms with Crippen molar-refractivity contribution in [3.05, 3.63) is 48.0 Å². The van der Waals surface area contributed by atoms with E-state index >= 15 is 0 Å². The Labute approximate surface area is 124 Å². The van der Waals surface area contributed by atoms with Gasteiger partial charge in [0.15, 0.2) is 0 Å². The Bertz CT molecular complexity index is 582. The zero-order valence-corrected chi connectivity index (χ0v) is 12.5. The molecule has 6 nitrogen and oxygen atoms in total. The van der Waals surface area contributed by atoms with E-state index in [0.29, 0.717) is 6.54 Å². The van der Waals surface area contributed by atoms with Crippen LogP contribution in [0.25, 0.3) is 0 Å². The first kappa shape index (κ1) is 15.2. The summed E-state index contributed by atoms with van der Waals surface area (Å²) in [7, 11) is 3.30. The summed E-state index contributed by atoms with van der Waals surface area (Å²) in [6.45, 7) is 2.47. The molecular formula is C15H20N4O2. The van der Waals surface area contributed by atoms with Gasteiger partial charge in [0.25, 0.3) is 0 Å². The van der Waals surface area contributed by atoms with E-state index < -0.39 is 0 Å². The molecule has 2 rings (SSSR count). The molecule has 0 amide bonds. The summed E-state index contributed by atoms with van der Waals surface area (Å²) in [6.07, 6.45) is 1.66. The van der Waals surface area contributed by atoms with Crippen molar-refractivity contribution >= 4 is 5.97 Å². The molecule has 1 heterocycles. The van der Waals surface area contributed by atoms with Crippen molar-refractivity contribution in [1.82, 2.24) is 20.1 Å². The van der Waals surface area contributed by atoms with Crippen LogP contribution in [-0.2, 0) is 16.6 Å². The van der Waals surface area contributed by atoms with Gasteiger partial charge in [-0.3, -0.25) is 4.79 Å². The van der Waals surface area contributed by atoms with Gasteiger partial charge >= 0.3 is 5.97 Å². The van der Waals surface area contributed by atoms with E-state index in [4.69, 9.17) is 4.74 Å². The summed E-state index contributed by atoms with van der Waals surface area (Å²) >= 11 is 0. The van der Waals surface area contributed by atoms with Gasteiger partial charge in [0.2, 0.25) is 0 Å². The van der Waals surface area contributed by atoms with Crippen molar-refractivity contribution in [2.24, 2.45) is 7.05 Å². The van der Waals surface area contributed by atoms with Gasteiger partial charge in [0.05, 0.1) is 19.1 Å². The number of nitrogens with zero attached hydrogens (tertiary/aromatic N) is 3. The molecule has 21 heavy (non-hydrogen) atoms. The maximum atomic E-state index is 12.0. The summed E-state index contributed by atoms with van der Waals surface area (Å²) in [4.78, 5) is 12.0. The number of aryl methyl sites for hydroxylation is 1. The lowest BCUT2D eigenvalue weighted by Gasteiger charge is -2.19. The summed E-state index contributed by atoms with van der Waals surface area (Å²) < 4.78 is 6.76. The van der Waals surface area contributed by atoms with Gasteiger partial charge in [0, 0.05) is 13.6 Å². The van der Waals surface area contributed by atoms with Crippen LogP contribution >= 0.6 is 0 Å². The Morgan fingerprint density at radius 2 is 2.10 bits per heavy atom.